The van der Waals surface area contributed by atoms with E-state index in [1.807, 2.05) is 0 Å². The minimum absolute atomic E-state index is 1.03. The molecule has 1 heterocycles. The van der Waals surface area contributed by atoms with E-state index in [1.54, 1.807) is 0 Å². The molecule has 31 heteroatoms. The van der Waals surface area contributed by atoms with Crippen LogP contribution in [0.4, 0.5) is 0 Å². The summed E-state index contributed by atoms with van der Waals surface area (Å²) in [6.07, 6.45) is 0. The van der Waals surface area contributed by atoms with Gasteiger partial charge in [-0.2, -0.15) is 0 Å². The summed E-state index contributed by atoms with van der Waals surface area (Å²) in [6.45, 7) is 0. The van der Waals surface area contributed by atoms with Gasteiger partial charge in [-0.25, -0.2) is 0 Å². The molecule has 0 saturated carbocycles. The molecular weight excluding hydrogens is 941 g/mol. The zero-order chi connectivity index (χ0) is 59.6. The third-order valence-corrected chi connectivity index (χ3v) is 23.5. The molecule has 0 atom stereocenters. The van der Waals surface area contributed by atoms with Crippen LogP contribution in [0.3, 0.4) is 0 Å². The highest BCUT2D eigenvalue weighted by Crippen LogP contribution is 2.42. The molecule has 0 radical (unpaired) electrons. The molecule has 11 rings (SSSR count). The van der Waals surface area contributed by atoms with Crippen molar-refractivity contribution in [1.29, 1.82) is 0 Å². The van der Waals surface area contributed by atoms with E-state index < -0.39 is 0 Å². The molecule has 0 fully saturated rings. The smallest absolute Gasteiger partial charge is 0.143 e. The molecule has 356 valence electrons. The Balaban J connectivity index is 1.36. The first-order valence-corrected chi connectivity index (χ1v) is 30.2. The summed E-state index contributed by atoms with van der Waals surface area (Å²) in [7, 11) is 71.5. The molecule has 0 saturated heterocycles. The van der Waals surface area contributed by atoms with Gasteiger partial charge in [-0.3, -0.25) is 0 Å². The van der Waals surface area contributed by atoms with Crippen LogP contribution < -0.4 is 164 Å². The molecule has 10 aromatic carbocycles. The van der Waals surface area contributed by atoms with E-state index >= 15 is 0 Å². The van der Waals surface area contributed by atoms with Crippen molar-refractivity contribution >= 4 is 475 Å². The van der Waals surface area contributed by atoms with Gasteiger partial charge in [-0.05, 0) is 81.9 Å². The van der Waals surface area contributed by atoms with Crippen molar-refractivity contribution in [1.82, 2.24) is 0 Å². The Hall–Kier alpha value is -4.75. The van der Waals surface area contributed by atoms with Gasteiger partial charge in [0.15, 0.2) is 0 Å². The Morgan fingerprint density at radius 1 is 0.111 bits per heavy atom. The summed E-state index contributed by atoms with van der Waals surface area (Å²) >= 11 is 0. The van der Waals surface area contributed by atoms with Gasteiger partial charge in [-0.1, -0.05) is 109 Å². The van der Waals surface area contributed by atoms with E-state index in [4.69, 9.17) is 4.42 Å². The van der Waals surface area contributed by atoms with E-state index in [2.05, 4.69) is 235 Å². The summed E-state index contributed by atoms with van der Waals surface area (Å²) in [5.74, 6) is 0. The molecule has 0 aliphatic rings. The molecule has 1 nitrogen and oxygen atoms in total. The largest absolute Gasteiger partial charge is 0.456 e. The number of furan rings is 1. The summed E-state index contributed by atoms with van der Waals surface area (Å²) in [4.78, 5) is 0. The van der Waals surface area contributed by atoms with Crippen LogP contribution in [-0.4, -0.2) is 235 Å². The lowest BCUT2D eigenvalue weighted by molar-refractivity contribution is 0.676. The monoisotopic (exact) mass is 1010 g/mol. The normalized spacial score (nSPS) is 12.0. The summed E-state index contributed by atoms with van der Waals surface area (Å²) in [6, 6.07) is 0. The predicted octanol–water partition coefficient (Wildman–Crippen LogP) is -37.9. The van der Waals surface area contributed by atoms with Gasteiger partial charge in [0.1, 0.15) is 247 Å². The van der Waals surface area contributed by atoms with Crippen LogP contribution in [-0.2, 0) is 0 Å². The van der Waals surface area contributed by atoms with Crippen LogP contribution in [0.15, 0.2) is 4.42 Å². The topological polar surface area (TPSA) is 13.1 Å². The van der Waals surface area contributed by atoms with Gasteiger partial charge >= 0.3 is 0 Å². The van der Waals surface area contributed by atoms with E-state index in [9.17, 15) is 0 Å². The lowest BCUT2D eigenvalue weighted by Crippen LogP contribution is -2.52. The number of fused-ring (bicyclic) bond motifs is 10. The molecule has 0 unspecified atom stereocenters. The maximum Gasteiger partial charge on any atom is 0.143 e. The highest BCUT2D eigenvalue weighted by Gasteiger charge is 2.33. The van der Waals surface area contributed by atoms with Crippen molar-refractivity contribution in [3.8, 4) is 33.4 Å². The standard InChI is InChI=1S/C50H60B30O/c51-19-3(8-9(26(58)43(75)42(74)25(8)57)10-12(19)33(65)45(77)44(76)27(10)59)1-4-6(23(55)40(72)38(70)21(4)53)2(7-5(1)22(54)39(71)41(73)24(7)56)11-28(60)30(62)14(31(63)29(11)61)13-20(52)17-18-36(68)32(64)15-16(37(69)47(79)46(78)34(15)66)49(18)81-50(17)48(80)35(13)67/h51-80H2. The van der Waals surface area contributed by atoms with Crippen molar-refractivity contribution < 1.29 is 4.42 Å². The van der Waals surface area contributed by atoms with Crippen molar-refractivity contribution in [3.63, 3.8) is 0 Å². The third-order valence-electron chi connectivity index (χ3n) is 23.5. The Bertz CT molecular complexity index is 4820. The van der Waals surface area contributed by atoms with Crippen LogP contribution in [0, 0.1) is 0 Å². The fourth-order valence-electron chi connectivity index (χ4n) is 16.5. The zero-order valence-electron chi connectivity index (χ0n) is 55.4. The van der Waals surface area contributed by atoms with Crippen molar-refractivity contribution in [2.45, 2.75) is 0 Å². The van der Waals surface area contributed by atoms with Crippen LogP contribution >= 0.6 is 0 Å². The van der Waals surface area contributed by atoms with E-state index in [-0.39, 0.29) is 0 Å². The van der Waals surface area contributed by atoms with Gasteiger partial charge in [0, 0.05) is 16.2 Å². The number of hydrogen-bond acceptors (Lipinski definition) is 1. The quantitative estimate of drug-likeness (QED) is 0.0977. The predicted molar refractivity (Wildman–Crippen MR) is 463 cm³/mol. The fraction of sp³-hybridized carbons (Fsp3) is 0. The van der Waals surface area contributed by atoms with E-state index in [1.165, 1.54) is 262 Å². The summed E-state index contributed by atoms with van der Waals surface area (Å²) in [5, 5.41) is 16.5. The van der Waals surface area contributed by atoms with Gasteiger partial charge in [-0.15, -0.1) is 54.6 Å². The molecule has 0 N–H and O–H groups in total. The first-order chi connectivity index (χ1) is 37.8. The molecular formula is C50H60B30O. The van der Waals surface area contributed by atoms with Crippen LogP contribution in [0.1, 0.15) is 0 Å². The molecule has 0 spiro atoms. The second-order valence-corrected chi connectivity index (χ2v) is 26.3. The van der Waals surface area contributed by atoms with E-state index in [0.29, 0.717) is 0 Å². The van der Waals surface area contributed by atoms with Crippen LogP contribution in [0.25, 0.3) is 109 Å². The number of rotatable bonds is 3. The maximum absolute atomic E-state index is 7.30. The minimum atomic E-state index is 1.03. The molecule has 0 amide bonds. The van der Waals surface area contributed by atoms with Gasteiger partial charge in [0.2, 0.25) is 0 Å². The maximum atomic E-state index is 7.30. The highest BCUT2D eigenvalue weighted by molar-refractivity contribution is 6.79. The SMILES string of the molecule is Bc1c(B)c(-c2c3c(B)c(B)c(B)c(B)c3c(-c3c(B)c4c(B)c(B)c(B)c(B)c4c4c(B)c(B)c(B)c(B)c34)c3c(B)c(B)c(B)c(B)c23)c(B)c(B)c1-c1c(B)c(B)c2oc3c4c(B)c(B)c(B)c(B)c4c(B)c(B)c3c2c1B. The van der Waals surface area contributed by atoms with Crippen molar-refractivity contribution in [3.05, 3.63) is 0 Å². The van der Waals surface area contributed by atoms with E-state index in [0.717, 1.165) is 11.2 Å². The zero-order valence-corrected chi connectivity index (χ0v) is 55.4. The Morgan fingerprint density at radius 2 is 0.296 bits per heavy atom. The lowest BCUT2D eigenvalue weighted by atomic mass is 9.55. The van der Waals surface area contributed by atoms with Gasteiger partial charge in [0.25, 0.3) is 0 Å². The highest BCUT2D eigenvalue weighted by atomic mass is 16.3. The molecule has 81 heavy (non-hydrogen) atoms. The Labute approximate surface area is 509 Å². The second-order valence-electron chi connectivity index (χ2n) is 26.3. The second kappa shape index (κ2) is 19.4. The van der Waals surface area contributed by atoms with Crippen LogP contribution in [0.2, 0.25) is 0 Å². The molecule has 11 aromatic rings. The van der Waals surface area contributed by atoms with Gasteiger partial charge < -0.3 is 4.42 Å². The first-order valence-electron chi connectivity index (χ1n) is 30.2. The van der Waals surface area contributed by atoms with Gasteiger partial charge in [0.05, 0.1) is 0 Å². The third kappa shape index (κ3) is 7.30. The molecule has 1 aromatic heterocycles. The molecule has 0 aliphatic heterocycles. The summed E-state index contributed by atoms with van der Waals surface area (Å²) < 4.78 is 7.30. The fourth-order valence-corrected chi connectivity index (χ4v) is 16.5. The average molecular weight is 1000 g/mol. The number of benzene rings is 10. The lowest BCUT2D eigenvalue weighted by Gasteiger charge is -2.33. The number of hydrogen-bond donors (Lipinski definition) is 0. The van der Waals surface area contributed by atoms with Crippen molar-refractivity contribution in [2.75, 3.05) is 0 Å². The molecule has 0 aliphatic carbocycles. The Morgan fingerprint density at radius 3 is 0.667 bits per heavy atom. The molecule has 0 bridgehead atoms. The first kappa shape index (κ1) is 58.0. The Kier molecular flexibility index (Phi) is 13.9. The minimum Gasteiger partial charge on any atom is -0.456 e. The van der Waals surface area contributed by atoms with Crippen LogP contribution in [0.5, 0.6) is 0 Å². The summed E-state index contributed by atoms with van der Waals surface area (Å²) in [5.41, 5.74) is 51.5. The average Bonchev–Trinajstić information content (AvgIpc) is 4.03. The van der Waals surface area contributed by atoms with Crippen molar-refractivity contribution in [2.24, 2.45) is 0 Å².